The minimum absolute atomic E-state index is 0.0458. The molecule has 0 aromatic heterocycles. The third-order valence-corrected chi connectivity index (χ3v) is 5.07. The number of nitrogens with one attached hydrogen (secondary N) is 1. The Morgan fingerprint density at radius 3 is 2.07 bits per heavy atom. The minimum Gasteiger partial charge on any atom is -0.497 e. The highest BCUT2D eigenvalue weighted by Crippen LogP contribution is 2.29. The van der Waals surface area contributed by atoms with Crippen LogP contribution in [-0.4, -0.2) is 61.3 Å². The third-order valence-electron chi connectivity index (χ3n) is 4.70. The SMILES string of the molecule is COc1ccc(NC(=O)C[C@@H]2C(=O)N(c3ccc(OC)cc3)C(=S)N2N(C)C)cc1. The minimum atomic E-state index is -0.743. The molecule has 2 aromatic rings. The molecule has 1 aliphatic rings. The summed E-state index contributed by atoms with van der Waals surface area (Å²) in [5, 5.41) is 6.50. The van der Waals surface area contributed by atoms with Gasteiger partial charge in [-0.05, 0) is 60.7 Å². The lowest BCUT2D eigenvalue weighted by Crippen LogP contribution is -2.46. The molecule has 3 rings (SSSR count). The normalized spacial score (nSPS) is 16.2. The van der Waals surface area contributed by atoms with Gasteiger partial charge in [0, 0.05) is 19.8 Å². The summed E-state index contributed by atoms with van der Waals surface area (Å²) in [5.74, 6) is 0.822. The second-order valence-electron chi connectivity index (χ2n) is 6.84. The van der Waals surface area contributed by atoms with Crippen molar-refractivity contribution < 1.29 is 19.1 Å². The van der Waals surface area contributed by atoms with Crippen LogP contribution in [0, 0.1) is 0 Å². The Bertz CT molecular complexity index is 931. The molecule has 9 heteroatoms. The lowest BCUT2D eigenvalue weighted by Gasteiger charge is -2.29. The Hall–Kier alpha value is -3.17. The van der Waals surface area contributed by atoms with E-state index in [2.05, 4.69) is 5.32 Å². The number of hydrogen-bond donors (Lipinski definition) is 1. The van der Waals surface area contributed by atoms with Crippen molar-refractivity contribution in [3.63, 3.8) is 0 Å². The molecule has 1 aliphatic heterocycles. The number of thiocarbonyl (C=S) groups is 1. The Labute approximate surface area is 180 Å². The molecule has 1 N–H and O–H groups in total. The number of nitrogens with zero attached hydrogens (tertiary/aromatic N) is 3. The van der Waals surface area contributed by atoms with Gasteiger partial charge in [-0.15, -0.1) is 0 Å². The second kappa shape index (κ2) is 9.10. The van der Waals surface area contributed by atoms with Crippen LogP contribution in [-0.2, 0) is 9.59 Å². The quantitative estimate of drug-likeness (QED) is 0.679. The fourth-order valence-electron chi connectivity index (χ4n) is 3.24. The van der Waals surface area contributed by atoms with Gasteiger partial charge in [-0.25, -0.2) is 5.01 Å². The number of carbonyl (C=O) groups is 2. The smallest absolute Gasteiger partial charge is 0.258 e. The molecule has 0 bridgehead atoms. The van der Waals surface area contributed by atoms with Crippen molar-refractivity contribution in [1.29, 1.82) is 0 Å². The average Bonchev–Trinajstić information content (AvgIpc) is 2.98. The molecule has 158 valence electrons. The van der Waals surface area contributed by atoms with Gasteiger partial charge in [0.2, 0.25) is 5.91 Å². The fraction of sp³-hybridized carbons (Fsp3) is 0.286. The van der Waals surface area contributed by atoms with E-state index in [1.165, 1.54) is 4.90 Å². The first kappa shape index (κ1) is 21.5. The van der Waals surface area contributed by atoms with E-state index >= 15 is 0 Å². The van der Waals surface area contributed by atoms with Crippen LogP contribution in [0.1, 0.15) is 6.42 Å². The number of anilines is 2. The lowest BCUT2D eigenvalue weighted by atomic mass is 10.1. The Kier molecular flexibility index (Phi) is 6.53. The summed E-state index contributed by atoms with van der Waals surface area (Å²) in [7, 11) is 6.72. The predicted molar refractivity (Wildman–Crippen MR) is 119 cm³/mol. The first-order valence-corrected chi connectivity index (χ1v) is 9.69. The Morgan fingerprint density at radius 1 is 1.03 bits per heavy atom. The maximum absolute atomic E-state index is 13.2. The first-order chi connectivity index (χ1) is 14.3. The lowest BCUT2D eigenvalue weighted by molar-refractivity contribution is -0.127. The van der Waals surface area contributed by atoms with Gasteiger partial charge in [0.25, 0.3) is 5.91 Å². The van der Waals surface area contributed by atoms with Gasteiger partial charge < -0.3 is 14.8 Å². The van der Waals surface area contributed by atoms with Crippen molar-refractivity contribution >= 4 is 40.5 Å². The van der Waals surface area contributed by atoms with Crippen molar-refractivity contribution in [2.75, 3.05) is 38.5 Å². The van der Waals surface area contributed by atoms with E-state index in [1.807, 2.05) is 0 Å². The number of hydrazine groups is 1. The molecule has 8 nitrogen and oxygen atoms in total. The van der Waals surface area contributed by atoms with Gasteiger partial charge in [-0.1, -0.05) is 0 Å². The topological polar surface area (TPSA) is 74.3 Å². The maximum atomic E-state index is 13.2. The molecule has 0 spiro atoms. The largest absolute Gasteiger partial charge is 0.497 e. The Balaban J connectivity index is 1.78. The zero-order valence-electron chi connectivity index (χ0n) is 17.3. The van der Waals surface area contributed by atoms with Gasteiger partial charge in [0.15, 0.2) is 5.11 Å². The van der Waals surface area contributed by atoms with Gasteiger partial charge in [0.05, 0.1) is 26.3 Å². The molecule has 0 radical (unpaired) electrons. The summed E-state index contributed by atoms with van der Waals surface area (Å²) in [6.45, 7) is 0. The number of ether oxygens (including phenoxy) is 2. The molecule has 1 fully saturated rings. The summed E-state index contributed by atoms with van der Waals surface area (Å²) in [5.41, 5.74) is 1.24. The van der Waals surface area contributed by atoms with E-state index in [1.54, 1.807) is 86.9 Å². The maximum Gasteiger partial charge on any atom is 0.258 e. The third kappa shape index (κ3) is 4.37. The molecule has 0 saturated carbocycles. The number of hydrogen-bond acceptors (Lipinski definition) is 6. The van der Waals surface area contributed by atoms with Crippen molar-refractivity contribution in [1.82, 2.24) is 10.0 Å². The standard InChI is InChI=1S/C21H24N4O4S/c1-23(2)25-18(13-19(26)22-14-5-9-16(28-3)10-6-14)20(27)24(21(25)30)15-7-11-17(29-4)12-8-15/h5-12,18H,13H2,1-4H3,(H,22,26)/t18-/m1/s1. The summed E-state index contributed by atoms with van der Waals surface area (Å²) < 4.78 is 10.3. The summed E-state index contributed by atoms with van der Waals surface area (Å²) in [6.07, 6.45) is -0.0458. The summed E-state index contributed by atoms with van der Waals surface area (Å²) in [6, 6.07) is 13.3. The number of carbonyl (C=O) groups excluding carboxylic acids is 2. The van der Waals surface area contributed by atoms with Crippen LogP contribution in [0.4, 0.5) is 11.4 Å². The number of rotatable bonds is 7. The van der Waals surface area contributed by atoms with Crippen LogP contribution >= 0.6 is 12.2 Å². The molecule has 0 aliphatic carbocycles. The van der Waals surface area contributed by atoms with Crippen molar-refractivity contribution in [2.24, 2.45) is 0 Å². The van der Waals surface area contributed by atoms with Crippen LogP contribution in [0.25, 0.3) is 0 Å². The van der Waals surface area contributed by atoms with Crippen molar-refractivity contribution in [3.8, 4) is 11.5 Å². The molecule has 1 saturated heterocycles. The molecule has 1 atom stereocenters. The van der Waals surface area contributed by atoms with Crippen LogP contribution in [0.3, 0.4) is 0 Å². The molecular weight excluding hydrogens is 404 g/mol. The van der Waals surface area contributed by atoms with E-state index in [-0.39, 0.29) is 18.2 Å². The van der Waals surface area contributed by atoms with Crippen LogP contribution in [0.5, 0.6) is 11.5 Å². The van der Waals surface area contributed by atoms with E-state index in [0.29, 0.717) is 28.0 Å². The van der Waals surface area contributed by atoms with Crippen molar-refractivity contribution in [3.05, 3.63) is 48.5 Å². The van der Waals surface area contributed by atoms with Crippen LogP contribution in [0.15, 0.2) is 48.5 Å². The molecule has 1 heterocycles. The van der Waals surface area contributed by atoms with E-state index in [0.717, 1.165) is 0 Å². The van der Waals surface area contributed by atoms with Gasteiger partial charge >= 0.3 is 0 Å². The van der Waals surface area contributed by atoms with E-state index in [4.69, 9.17) is 21.7 Å². The highest BCUT2D eigenvalue weighted by atomic mass is 32.1. The highest BCUT2D eigenvalue weighted by Gasteiger charge is 2.45. The molecular formula is C21H24N4O4S. The fourth-order valence-corrected chi connectivity index (χ4v) is 3.72. The number of methoxy groups -OCH3 is 2. The van der Waals surface area contributed by atoms with Crippen LogP contribution in [0.2, 0.25) is 0 Å². The predicted octanol–water partition coefficient (Wildman–Crippen LogP) is 2.51. The summed E-state index contributed by atoms with van der Waals surface area (Å²) >= 11 is 5.56. The van der Waals surface area contributed by atoms with Crippen molar-refractivity contribution in [2.45, 2.75) is 12.5 Å². The molecule has 30 heavy (non-hydrogen) atoms. The molecule has 2 amide bonds. The van der Waals surface area contributed by atoms with Gasteiger partial charge in [-0.3, -0.25) is 19.5 Å². The summed E-state index contributed by atoms with van der Waals surface area (Å²) in [4.78, 5) is 27.3. The van der Waals surface area contributed by atoms with Gasteiger partial charge in [0.1, 0.15) is 17.5 Å². The average molecular weight is 429 g/mol. The van der Waals surface area contributed by atoms with Crippen LogP contribution < -0.4 is 19.7 Å². The number of amides is 2. The Morgan fingerprint density at radius 2 is 1.57 bits per heavy atom. The highest BCUT2D eigenvalue weighted by molar-refractivity contribution is 7.80. The zero-order valence-corrected chi connectivity index (χ0v) is 18.1. The number of benzene rings is 2. The van der Waals surface area contributed by atoms with E-state index in [9.17, 15) is 9.59 Å². The molecule has 2 aromatic carbocycles. The molecule has 0 unspecified atom stereocenters. The second-order valence-corrected chi connectivity index (χ2v) is 7.21. The zero-order chi connectivity index (χ0) is 21.8. The van der Waals surface area contributed by atoms with Gasteiger partial charge in [-0.2, -0.15) is 0 Å². The first-order valence-electron chi connectivity index (χ1n) is 9.28. The van der Waals surface area contributed by atoms with E-state index < -0.39 is 6.04 Å². The monoisotopic (exact) mass is 428 g/mol.